The van der Waals surface area contributed by atoms with Gasteiger partial charge >= 0.3 is 5.97 Å². The fourth-order valence-corrected chi connectivity index (χ4v) is 0.650. The molecule has 5 N–H and O–H groups in total. The molecule has 6 heteroatoms. The van der Waals surface area contributed by atoms with Gasteiger partial charge in [-0.3, -0.25) is 4.79 Å². The van der Waals surface area contributed by atoms with Crippen LogP contribution in [0, 0.1) is 0 Å². The summed E-state index contributed by atoms with van der Waals surface area (Å²) in [7, 11) is 0. The van der Waals surface area contributed by atoms with E-state index in [-0.39, 0.29) is 0 Å². The number of carboxylic acid groups (broad SMARTS) is 1. The van der Waals surface area contributed by atoms with Gasteiger partial charge in [0.1, 0.15) is 6.04 Å². The minimum Gasteiger partial charge on any atom is -0.480 e. The third kappa shape index (κ3) is 3.86. The van der Waals surface area contributed by atoms with Gasteiger partial charge in [-0.15, -0.1) is 0 Å². The molecule has 0 bridgehead atoms. The number of aliphatic hydroxyl groups is 1. The van der Waals surface area contributed by atoms with Gasteiger partial charge < -0.3 is 21.3 Å². The van der Waals surface area contributed by atoms with E-state index in [2.05, 4.69) is 5.32 Å². The molecule has 0 heterocycles. The Morgan fingerprint density at radius 1 is 1.54 bits per heavy atom. The van der Waals surface area contributed by atoms with Gasteiger partial charge in [-0.25, -0.2) is 4.79 Å². The maximum Gasteiger partial charge on any atom is 0.328 e. The smallest absolute Gasteiger partial charge is 0.328 e. The van der Waals surface area contributed by atoms with Crippen LogP contribution in [0.5, 0.6) is 0 Å². The highest BCUT2D eigenvalue weighted by molar-refractivity contribution is 5.86. The molecule has 0 aromatic carbocycles. The van der Waals surface area contributed by atoms with Crippen molar-refractivity contribution in [2.24, 2.45) is 5.73 Å². The van der Waals surface area contributed by atoms with Crippen LogP contribution in [0.15, 0.2) is 0 Å². The Morgan fingerprint density at radius 3 is 2.38 bits per heavy atom. The quantitative estimate of drug-likeness (QED) is 0.412. The molecule has 76 valence electrons. The van der Waals surface area contributed by atoms with E-state index in [1.165, 1.54) is 0 Å². The fraction of sp³-hybridized carbons (Fsp3) is 0.714. The van der Waals surface area contributed by atoms with Crippen molar-refractivity contribution in [3.8, 4) is 0 Å². The van der Waals surface area contributed by atoms with E-state index in [1.54, 1.807) is 6.92 Å². The molecule has 1 amide bonds. The third-order valence-electron chi connectivity index (χ3n) is 1.57. The summed E-state index contributed by atoms with van der Waals surface area (Å²) in [6, 6.07) is -2.00. The number of amides is 1. The molecular weight excluding hydrogens is 176 g/mol. The molecular formula is C7H14N2O4. The standard InChI is InChI=1S/C7H14N2O4/c1-2-4(8)6(11)9-5(3-10)7(12)13/h4-5,10H,2-3,8H2,1H3,(H,9,11)(H,12,13)/t4-,5-/m0/s1. The lowest BCUT2D eigenvalue weighted by Gasteiger charge is -2.14. The van der Waals surface area contributed by atoms with Gasteiger partial charge in [-0.05, 0) is 6.42 Å². The van der Waals surface area contributed by atoms with Gasteiger partial charge in [0, 0.05) is 0 Å². The molecule has 0 aromatic rings. The summed E-state index contributed by atoms with van der Waals surface area (Å²) in [6.45, 7) is 1.07. The normalized spacial score (nSPS) is 14.7. The summed E-state index contributed by atoms with van der Waals surface area (Å²) in [5.74, 6) is -1.84. The number of carbonyl (C=O) groups is 2. The highest BCUT2D eigenvalue weighted by Gasteiger charge is 2.21. The molecule has 0 aliphatic heterocycles. The van der Waals surface area contributed by atoms with Gasteiger partial charge in [-0.2, -0.15) is 0 Å². The van der Waals surface area contributed by atoms with Crippen molar-refractivity contribution in [3.05, 3.63) is 0 Å². The second-order valence-corrected chi connectivity index (χ2v) is 2.60. The lowest BCUT2D eigenvalue weighted by molar-refractivity contribution is -0.143. The molecule has 0 aliphatic carbocycles. The second-order valence-electron chi connectivity index (χ2n) is 2.60. The first-order valence-corrected chi connectivity index (χ1v) is 3.92. The van der Waals surface area contributed by atoms with Crippen LogP contribution >= 0.6 is 0 Å². The zero-order valence-corrected chi connectivity index (χ0v) is 7.36. The predicted octanol–water partition coefficient (Wildman–Crippen LogP) is -1.71. The SMILES string of the molecule is CC[C@H](N)C(=O)N[C@@H](CO)C(=O)O. The minimum atomic E-state index is -1.28. The van der Waals surface area contributed by atoms with E-state index in [0.29, 0.717) is 6.42 Å². The van der Waals surface area contributed by atoms with Gasteiger partial charge in [0.15, 0.2) is 0 Å². The van der Waals surface area contributed by atoms with E-state index in [1.807, 2.05) is 0 Å². The molecule has 0 saturated heterocycles. The van der Waals surface area contributed by atoms with Crippen LogP contribution in [-0.2, 0) is 9.59 Å². The van der Waals surface area contributed by atoms with E-state index in [9.17, 15) is 9.59 Å². The lowest BCUT2D eigenvalue weighted by Crippen LogP contribution is -2.49. The van der Waals surface area contributed by atoms with Crippen LogP contribution in [0.1, 0.15) is 13.3 Å². The van der Waals surface area contributed by atoms with Crippen LogP contribution in [0.4, 0.5) is 0 Å². The third-order valence-corrected chi connectivity index (χ3v) is 1.57. The number of nitrogens with one attached hydrogen (secondary N) is 1. The Hall–Kier alpha value is -1.14. The summed E-state index contributed by atoms with van der Waals surface area (Å²) in [5.41, 5.74) is 5.33. The molecule has 0 saturated carbocycles. The molecule has 0 spiro atoms. The fourth-order valence-electron chi connectivity index (χ4n) is 0.650. The average Bonchev–Trinajstić information content (AvgIpc) is 2.11. The Bertz CT molecular complexity index is 195. The van der Waals surface area contributed by atoms with Crippen LogP contribution in [0.25, 0.3) is 0 Å². The van der Waals surface area contributed by atoms with Gasteiger partial charge in [0.25, 0.3) is 0 Å². The molecule has 13 heavy (non-hydrogen) atoms. The van der Waals surface area contributed by atoms with Crippen molar-refractivity contribution in [2.75, 3.05) is 6.61 Å². The van der Waals surface area contributed by atoms with E-state index < -0.39 is 30.6 Å². The van der Waals surface area contributed by atoms with Crippen LogP contribution in [0.3, 0.4) is 0 Å². The number of aliphatic carboxylic acids is 1. The van der Waals surface area contributed by atoms with E-state index >= 15 is 0 Å². The summed E-state index contributed by atoms with van der Waals surface area (Å²) in [4.78, 5) is 21.4. The number of hydrogen-bond acceptors (Lipinski definition) is 4. The lowest BCUT2D eigenvalue weighted by atomic mass is 10.2. The number of carbonyl (C=O) groups excluding carboxylic acids is 1. The Morgan fingerprint density at radius 2 is 2.08 bits per heavy atom. The molecule has 0 fully saturated rings. The maximum absolute atomic E-state index is 11.0. The van der Waals surface area contributed by atoms with Crippen LogP contribution in [-0.4, -0.2) is 40.8 Å². The summed E-state index contributed by atoms with van der Waals surface area (Å²) < 4.78 is 0. The van der Waals surface area contributed by atoms with Crippen LogP contribution in [0.2, 0.25) is 0 Å². The van der Waals surface area contributed by atoms with Crippen LogP contribution < -0.4 is 11.1 Å². The zero-order chi connectivity index (χ0) is 10.4. The highest BCUT2D eigenvalue weighted by Crippen LogP contribution is 1.89. The van der Waals surface area contributed by atoms with Crippen molar-refractivity contribution in [1.82, 2.24) is 5.32 Å². The zero-order valence-electron chi connectivity index (χ0n) is 7.36. The number of aliphatic hydroxyl groups excluding tert-OH is 1. The molecule has 6 nitrogen and oxygen atoms in total. The number of nitrogens with two attached hydrogens (primary N) is 1. The highest BCUT2D eigenvalue weighted by atomic mass is 16.4. The Balaban J connectivity index is 4.09. The number of hydrogen-bond donors (Lipinski definition) is 4. The molecule has 0 aromatic heterocycles. The maximum atomic E-state index is 11.0. The average molecular weight is 190 g/mol. The van der Waals surface area contributed by atoms with Crippen molar-refractivity contribution in [2.45, 2.75) is 25.4 Å². The topological polar surface area (TPSA) is 113 Å². The minimum absolute atomic E-state index is 0.420. The molecule has 0 radical (unpaired) electrons. The first kappa shape index (κ1) is 11.9. The van der Waals surface area contributed by atoms with Crippen molar-refractivity contribution >= 4 is 11.9 Å². The number of rotatable bonds is 5. The van der Waals surface area contributed by atoms with Gasteiger partial charge in [0.2, 0.25) is 5.91 Å². The largest absolute Gasteiger partial charge is 0.480 e. The summed E-state index contributed by atoms with van der Waals surface area (Å²) in [6.07, 6.45) is 0.420. The first-order valence-electron chi connectivity index (χ1n) is 3.92. The predicted molar refractivity (Wildman–Crippen MR) is 44.9 cm³/mol. The molecule has 2 atom stereocenters. The van der Waals surface area contributed by atoms with Crippen molar-refractivity contribution in [3.63, 3.8) is 0 Å². The monoisotopic (exact) mass is 190 g/mol. The summed E-state index contributed by atoms with van der Waals surface area (Å²) >= 11 is 0. The van der Waals surface area contributed by atoms with Crippen molar-refractivity contribution < 1.29 is 19.8 Å². The second kappa shape index (κ2) is 5.50. The van der Waals surface area contributed by atoms with Crippen molar-refractivity contribution in [1.29, 1.82) is 0 Å². The van der Waals surface area contributed by atoms with Gasteiger partial charge in [-0.1, -0.05) is 6.92 Å². The Labute approximate surface area is 75.7 Å². The van der Waals surface area contributed by atoms with Gasteiger partial charge in [0.05, 0.1) is 12.6 Å². The Kier molecular flexibility index (Phi) is 5.01. The molecule has 0 rings (SSSR count). The summed E-state index contributed by atoms with van der Waals surface area (Å²) in [5, 5.41) is 19.1. The van der Waals surface area contributed by atoms with E-state index in [0.717, 1.165) is 0 Å². The number of carboxylic acids is 1. The molecule has 0 unspecified atom stereocenters. The first-order chi connectivity index (χ1) is 6.02. The molecule has 0 aliphatic rings. The van der Waals surface area contributed by atoms with E-state index in [4.69, 9.17) is 15.9 Å².